The van der Waals surface area contributed by atoms with Gasteiger partial charge in [0.2, 0.25) is 0 Å². The van der Waals surface area contributed by atoms with Crippen molar-refractivity contribution in [1.29, 1.82) is 0 Å². The van der Waals surface area contributed by atoms with Crippen molar-refractivity contribution in [1.82, 2.24) is 0 Å². The summed E-state index contributed by atoms with van der Waals surface area (Å²) in [6, 6.07) is 8.72. The highest BCUT2D eigenvalue weighted by Crippen LogP contribution is 2.27. The van der Waals surface area contributed by atoms with Crippen LogP contribution in [-0.2, 0) is 0 Å². The molecule has 2 rings (SSSR count). The first-order chi connectivity index (χ1) is 9.88. The molecule has 0 bridgehead atoms. The van der Waals surface area contributed by atoms with E-state index >= 15 is 0 Å². The highest BCUT2D eigenvalue weighted by Gasteiger charge is 2.16. The fourth-order valence-corrected chi connectivity index (χ4v) is 2.25. The number of hydrogen-bond acceptors (Lipinski definition) is 3. The number of hydrogen-bond donors (Lipinski definition) is 1. The van der Waals surface area contributed by atoms with Crippen molar-refractivity contribution in [3.05, 3.63) is 66.6 Å². The third-order valence-corrected chi connectivity index (χ3v) is 4.12. The summed E-state index contributed by atoms with van der Waals surface area (Å²) < 4.78 is 0.629. The van der Waals surface area contributed by atoms with Gasteiger partial charge in [-0.3, -0.25) is 14.9 Å². The van der Waals surface area contributed by atoms with Crippen molar-refractivity contribution in [3.63, 3.8) is 0 Å². The second-order valence-corrected chi connectivity index (χ2v) is 5.68. The van der Waals surface area contributed by atoms with Gasteiger partial charge in [-0.05, 0) is 46.3 Å². The predicted octanol–water partition coefficient (Wildman–Crippen LogP) is 4.92. The van der Waals surface area contributed by atoms with Crippen LogP contribution < -0.4 is 5.32 Å². The van der Waals surface area contributed by atoms with Gasteiger partial charge in [0.15, 0.2) is 0 Å². The molecule has 21 heavy (non-hydrogen) atoms. The van der Waals surface area contributed by atoms with Crippen LogP contribution in [0.4, 0.5) is 11.4 Å². The van der Waals surface area contributed by atoms with E-state index in [1.807, 2.05) is 0 Å². The average Bonchev–Trinajstić information content (AvgIpc) is 2.43. The molecule has 5 nitrogen and oxygen atoms in total. The van der Waals surface area contributed by atoms with E-state index in [9.17, 15) is 14.9 Å². The number of carbonyl (C=O) groups excluding carboxylic acids is 1. The Morgan fingerprint density at radius 2 is 1.81 bits per heavy atom. The Kier molecular flexibility index (Phi) is 4.82. The molecule has 0 aliphatic carbocycles. The number of nitrogens with one attached hydrogen (secondary N) is 1. The Labute approximate surface area is 138 Å². The molecule has 0 aliphatic rings. The van der Waals surface area contributed by atoms with Crippen LogP contribution in [0, 0.1) is 10.1 Å². The lowest BCUT2D eigenvalue weighted by Gasteiger charge is -2.07. The topological polar surface area (TPSA) is 72.2 Å². The second-order valence-electron chi connectivity index (χ2n) is 4.01. The molecule has 8 heteroatoms. The smallest absolute Gasteiger partial charge is 0.288 e. The third-order valence-electron chi connectivity index (χ3n) is 2.58. The van der Waals surface area contributed by atoms with Crippen molar-refractivity contribution < 1.29 is 9.72 Å². The van der Waals surface area contributed by atoms with E-state index in [-0.39, 0.29) is 16.3 Å². The molecule has 0 saturated heterocycles. The summed E-state index contributed by atoms with van der Waals surface area (Å²) in [6.45, 7) is 0. The van der Waals surface area contributed by atoms with Gasteiger partial charge in [0.05, 0.1) is 9.95 Å². The summed E-state index contributed by atoms with van der Waals surface area (Å²) in [6.07, 6.45) is 0. The second kappa shape index (κ2) is 6.43. The van der Waals surface area contributed by atoms with Gasteiger partial charge in [-0.2, -0.15) is 0 Å². The van der Waals surface area contributed by atoms with E-state index in [1.54, 1.807) is 18.2 Å². The molecule has 0 aromatic heterocycles. The first-order valence-electron chi connectivity index (χ1n) is 5.59. The van der Waals surface area contributed by atoms with Crippen molar-refractivity contribution in [3.8, 4) is 0 Å². The molecular formula is C13H7BrCl2N2O3. The zero-order chi connectivity index (χ0) is 15.6. The minimum absolute atomic E-state index is 0.0224. The lowest BCUT2D eigenvalue weighted by Crippen LogP contribution is -2.12. The monoisotopic (exact) mass is 388 g/mol. The minimum atomic E-state index is -0.641. The molecule has 0 atom stereocenters. The molecule has 1 N–H and O–H groups in total. The number of nitro groups is 1. The van der Waals surface area contributed by atoms with Gasteiger partial charge in [0.25, 0.3) is 11.6 Å². The van der Waals surface area contributed by atoms with Crippen LogP contribution in [-0.4, -0.2) is 10.8 Å². The van der Waals surface area contributed by atoms with Crippen molar-refractivity contribution in [2.45, 2.75) is 0 Å². The van der Waals surface area contributed by atoms with Gasteiger partial charge < -0.3 is 5.32 Å². The fraction of sp³-hybridized carbons (Fsp3) is 0. The van der Waals surface area contributed by atoms with E-state index < -0.39 is 10.8 Å². The average molecular weight is 390 g/mol. The lowest BCUT2D eigenvalue weighted by atomic mass is 10.2. The van der Waals surface area contributed by atoms with Crippen LogP contribution in [0.5, 0.6) is 0 Å². The predicted molar refractivity (Wildman–Crippen MR) is 85.2 cm³/mol. The van der Waals surface area contributed by atoms with Crippen LogP contribution in [0.15, 0.2) is 40.9 Å². The van der Waals surface area contributed by atoms with Gasteiger partial charge in [-0.25, -0.2) is 0 Å². The molecule has 0 unspecified atom stereocenters. The SMILES string of the molecule is O=C(Nc1ccc(Cl)c(Br)c1)c1ccc(Cl)c([N+](=O)[O-])c1. The van der Waals surface area contributed by atoms with E-state index in [0.717, 1.165) is 6.07 Å². The van der Waals surface area contributed by atoms with Crippen LogP contribution in [0.25, 0.3) is 0 Å². The standard InChI is InChI=1S/C13H7BrCl2N2O3/c14-9-6-8(2-4-10(9)15)17-13(19)7-1-3-11(16)12(5-7)18(20)21/h1-6H,(H,17,19). The fourth-order valence-electron chi connectivity index (χ4n) is 1.57. The maximum absolute atomic E-state index is 12.1. The number of nitro benzene ring substituents is 1. The summed E-state index contributed by atoms with van der Waals surface area (Å²) in [4.78, 5) is 22.2. The molecule has 0 spiro atoms. The van der Waals surface area contributed by atoms with Crippen LogP contribution >= 0.6 is 39.1 Å². The van der Waals surface area contributed by atoms with Crippen molar-refractivity contribution in [2.24, 2.45) is 0 Å². The van der Waals surface area contributed by atoms with Gasteiger partial charge in [0, 0.05) is 21.8 Å². The summed E-state index contributed by atoms with van der Waals surface area (Å²) in [5.74, 6) is -0.482. The quantitative estimate of drug-likeness (QED) is 0.598. The summed E-state index contributed by atoms with van der Waals surface area (Å²) in [5, 5.41) is 13.9. The molecule has 2 aromatic carbocycles. The maximum Gasteiger partial charge on any atom is 0.288 e. The number of halogens is 3. The molecule has 1 amide bonds. The van der Waals surface area contributed by atoms with Crippen LogP contribution in [0.2, 0.25) is 10.0 Å². The van der Waals surface area contributed by atoms with E-state index in [1.165, 1.54) is 12.1 Å². The Morgan fingerprint density at radius 3 is 2.43 bits per heavy atom. The summed E-state index contributed by atoms with van der Waals surface area (Å²) in [7, 11) is 0. The molecule has 0 heterocycles. The highest BCUT2D eigenvalue weighted by atomic mass is 79.9. The highest BCUT2D eigenvalue weighted by molar-refractivity contribution is 9.10. The molecule has 0 radical (unpaired) electrons. The first-order valence-corrected chi connectivity index (χ1v) is 7.13. The van der Waals surface area contributed by atoms with E-state index in [0.29, 0.717) is 15.2 Å². The molecule has 2 aromatic rings. The largest absolute Gasteiger partial charge is 0.322 e. The number of amides is 1. The van der Waals surface area contributed by atoms with E-state index in [4.69, 9.17) is 23.2 Å². The Balaban J connectivity index is 2.26. The van der Waals surface area contributed by atoms with Crippen LogP contribution in [0.1, 0.15) is 10.4 Å². The first kappa shape index (κ1) is 15.8. The van der Waals surface area contributed by atoms with Gasteiger partial charge in [-0.15, -0.1) is 0 Å². The minimum Gasteiger partial charge on any atom is -0.322 e. The van der Waals surface area contributed by atoms with Gasteiger partial charge in [-0.1, -0.05) is 23.2 Å². The maximum atomic E-state index is 12.1. The van der Waals surface area contributed by atoms with Crippen molar-refractivity contribution >= 4 is 56.4 Å². The number of carbonyl (C=O) groups is 1. The van der Waals surface area contributed by atoms with Gasteiger partial charge >= 0.3 is 0 Å². The Hall–Kier alpha value is -1.63. The molecule has 108 valence electrons. The molecule has 0 saturated carbocycles. The lowest BCUT2D eigenvalue weighted by molar-refractivity contribution is -0.384. The Bertz CT molecular complexity index is 737. The number of nitrogens with zero attached hydrogens (tertiary/aromatic N) is 1. The Morgan fingerprint density at radius 1 is 1.14 bits per heavy atom. The summed E-state index contributed by atoms with van der Waals surface area (Å²) >= 11 is 14.8. The van der Waals surface area contributed by atoms with Crippen LogP contribution in [0.3, 0.4) is 0 Å². The molecule has 0 aliphatic heterocycles. The normalized spacial score (nSPS) is 10.2. The third kappa shape index (κ3) is 3.72. The number of rotatable bonds is 3. The summed E-state index contributed by atoms with van der Waals surface area (Å²) in [5.41, 5.74) is 0.327. The van der Waals surface area contributed by atoms with E-state index in [2.05, 4.69) is 21.2 Å². The molecular weight excluding hydrogens is 383 g/mol. The number of benzene rings is 2. The van der Waals surface area contributed by atoms with Crippen molar-refractivity contribution in [2.75, 3.05) is 5.32 Å². The zero-order valence-corrected chi connectivity index (χ0v) is 13.4. The molecule has 0 fully saturated rings. The van der Waals surface area contributed by atoms with Gasteiger partial charge in [0.1, 0.15) is 5.02 Å². The number of anilines is 1. The zero-order valence-electron chi connectivity index (χ0n) is 10.3.